The van der Waals surface area contributed by atoms with Crippen molar-refractivity contribution in [2.24, 2.45) is 0 Å². The number of carbonyl (C=O) groups excluding carboxylic acids is 1. The predicted octanol–water partition coefficient (Wildman–Crippen LogP) is 0.524. The first-order valence-electron chi connectivity index (χ1n) is 5.49. The van der Waals surface area contributed by atoms with E-state index in [0.717, 1.165) is 19.4 Å². The van der Waals surface area contributed by atoms with Crippen molar-refractivity contribution in [1.82, 2.24) is 19.9 Å². The summed E-state index contributed by atoms with van der Waals surface area (Å²) in [5.41, 5.74) is 0.343. The van der Waals surface area contributed by atoms with Crippen LogP contribution in [-0.4, -0.2) is 52.0 Å². The number of carbonyl (C=O) groups is 1. The van der Waals surface area contributed by atoms with Gasteiger partial charge in [0.05, 0.1) is 12.7 Å². The average Bonchev–Trinajstić information content (AvgIpc) is 2.90. The number of alkyl halides is 1. The molecular weight excluding hydrogens is 211 g/mol. The molecule has 1 aliphatic heterocycles. The van der Waals surface area contributed by atoms with Crippen molar-refractivity contribution < 1.29 is 9.18 Å². The summed E-state index contributed by atoms with van der Waals surface area (Å²) in [5.74, 6) is 0. The third-order valence-corrected chi connectivity index (χ3v) is 2.95. The highest BCUT2D eigenvalue weighted by atomic mass is 19.1. The van der Waals surface area contributed by atoms with Crippen molar-refractivity contribution in [3.8, 4) is 0 Å². The molecule has 6 heteroatoms. The van der Waals surface area contributed by atoms with E-state index in [2.05, 4.69) is 15.2 Å². The van der Waals surface area contributed by atoms with Crippen LogP contribution in [0.5, 0.6) is 0 Å². The Balaban J connectivity index is 1.95. The molecule has 1 fully saturated rings. The van der Waals surface area contributed by atoms with Crippen LogP contribution in [0, 0.1) is 0 Å². The summed E-state index contributed by atoms with van der Waals surface area (Å²) >= 11 is 0. The van der Waals surface area contributed by atoms with E-state index < -0.39 is 0 Å². The predicted molar refractivity (Wildman–Crippen MR) is 56.0 cm³/mol. The Bertz CT molecular complexity index is 354. The molecule has 0 unspecified atom stereocenters. The molecule has 0 saturated carbocycles. The lowest BCUT2D eigenvalue weighted by atomic mass is 10.2. The summed E-state index contributed by atoms with van der Waals surface area (Å²) in [6.45, 7) is 1.80. The van der Waals surface area contributed by atoms with Crippen LogP contribution in [0.15, 0.2) is 6.20 Å². The van der Waals surface area contributed by atoms with E-state index >= 15 is 0 Å². The van der Waals surface area contributed by atoms with Gasteiger partial charge in [-0.2, -0.15) is 0 Å². The van der Waals surface area contributed by atoms with Crippen molar-refractivity contribution >= 4 is 6.29 Å². The number of likely N-dealkylation sites (tertiary alicyclic amines) is 1. The van der Waals surface area contributed by atoms with Crippen LogP contribution in [-0.2, 0) is 6.54 Å². The molecule has 0 amide bonds. The van der Waals surface area contributed by atoms with Crippen LogP contribution in [0.4, 0.5) is 4.39 Å². The molecule has 2 rings (SSSR count). The Morgan fingerprint density at radius 3 is 3.19 bits per heavy atom. The molecule has 0 N–H and O–H groups in total. The lowest BCUT2D eigenvalue weighted by Gasteiger charge is -2.22. The average molecular weight is 226 g/mol. The van der Waals surface area contributed by atoms with Crippen molar-refractivity contribution in [2.75, 3.05) is 19.8 Å². The van der Waals surface area contributed by atoms with E-state index in [9.17, 15) is 9.18 Å². The minimum Gasteiger partial charge on any atom is -0.296 e. The van der Waals surface area contributed by atoms with Crippen molar-refractivity contribution in [3.63, 3.8) is 0 Å². The van der Waals surface area contributed by atoms with Gasteiger partial charge in [-0.3, -0.25) is 14.4 Å². The number of halogens is 1. The van der Waals surface area contributed by atoms with Gasteiger partial charge in [0.25, 0.3) is 0 Å². The Hall–Kier alpha value is -1.30. The quantitative estimate of drug-likeness (QED) is 0.687. The van der Waals surface area contributed by atoms with Gasteiger partial charge in [0.2, 0.25) is 0 Å². The SMILES string of the molecule is O=Cc1cn(C[C@H]2CCCN2CCF)nn1. The van der Waals surface area contributed by atoms with Crippen LogP contribution in [0.25, 0.3) is 0 Å². The van der Waals surface area contributed by atoms with Gasteiger partial charge in [-0.15, -0.1) is 5.10 Å². The largest absolute Gasteiger partial charge is 0.296 e. The summed E-state index contributed by atoms with van der Waals surface area (Å²) in [5, 5.41) is 7.56. The molecule has 1 atom stereocenters. The Labute approximate surface area is 93.2 Å². The molecule has 1 aromatic rings. The van der Waals surface area contributed by atoms with Crippen molar-refractivity contribution in [3.05, 3.63) is 11.9 Å². The maximum absolute atomic E-state index is 12.3. The molecule has 1 saturated heterocycles. The molecule has 1 aromatic heterocycles. The first-order chi connectivity index (χ1) is 7.83. The molecule has 0 spiro atoms. The van der Waals surface area contributed by atoms with Gasteiger partial charge in [-0.1, -0.05) is 5.21 Å². The number of aromatic nitrogens is 3. The summed E-state index contributed by atoms with van der Waals surface area (Å²) < 4.78 is 14.0. The number of nitrogens with zero attached hydrogens (tertiary/aromatic N) is 4. The van der Waals surface area contributed by atoms with Gasteiger partial charge in [-0.05, 0) is 19.4 Å². The number of hydrogen-bond donors (Lipinski definition) is 0. The fourth-order valence-electron chi connectivity index (χ4n) is 2.18. The summed E-state index contributed by atoms with van der Waals surface area (Å²) in [6.07, 6.45) is 4.45. The van der Waals surface area contributed by atoms with E-state index in [1.165, 1.54) is 0 Å². The van der Waals surface area contributed by atoms with Gasteiger partial charge >= 0.3 is 0 Å². The summed E-state index contributed by atoms with van der Waals surface area (Å²) in [4.78, 5) is 12.6. The molecule has 0 radical (unpaired) electrons. The van der Waals surface area contributed by atoms with E-state index in [1.54, 1.807) is 10.9 Å². The maximum atomic E-state index is 12.3. The molecule has 88 valence electrons. The van der Waals surface area contributed by atoms with E-state index in [4.69, 9.17) is 0 Å². The highest BCUT2D eigenvalue weighted by Gasteiger charge is 2.24. The van der Waals surface area contributed by atoms with Gasteiger partial charge in [0, 0.05) is 12.6 Å². The lowest BCUT2D eigenvalue weighted by Crippen LogP contribution is -2.34. The van der Waals surface area contributed by atoms with Crippen LogP contribution < -0.4 is 0 Å². The summed E-state index contributed by atoms with van der Waals surface area (Å²) in [7, 11) is 0. The van der Waals surface area contributed by atoms with E-state index in [0.29, 0.717) is 31.1 Å². The van der Waals surface area contributed by atoms with Crippen LogP contribution in [0.3, 0.4) is 0 Å². The highest BCUT2D eigenvalue weighted by Crippen LogP contribution is 2.18. The molecule has 0 aliphatic carbocycles. The molecule has 0 aromatic carbocycles. The Kier molecular flexibility index (Phi) is 3.61. The normalized spacial score (nSPS) is 21.4. The monoisotopic (exact) mass is 226 g/mol. The highest BCUT2D eigenvalue weighted by molar-refractivity contribution is 5.70. The van der Waals surface area contributed by atoms with E-state index in [-0.39, 0.29) is 6.67 Å². The summed E-state index contributed by atoms with van der Waals surface area (Å²) in [6, 6.07) is 0.317. The minimum absolute atomic E-state index is 0.312. The number of rotatable bonds is 5. The smallest absolute Gasteiger partial charge is 0.171 e. The second kappa shape index (κ2) is 5.16. The third-order valence-electron chi connectivity index (χ3n) is 2.95. The fraction of sp³-hybridized carbons (Fsp3) is 0.700. The molecule has 1 aliphatic rings. The Morgan fingerprint density at radius 2 is 2.50 bits per heavy atom. The standard InChI is InChI=1S/C10H15FN4O/c11-3-5-14-4-1-2-10(14)7-15-6-9(8-16)12-13-15/h6,8,10H,1-5,7H2/t10-/m1/s1. The second-order valence-corrected chi connectivity index (χ2v) is 4.00. The van der Waals surface area contributed by atoms with E-state index in [1.807, 2.05) is 0 Å². The van der Waals surface area contributed by atoms with Crippen LogP contribution >= 0.6 is 0 Å². The zero-order valence-electron chi connectivity index (χ0n) is 9.05. The first kappa shape index (κ1) is 11.2. The Morgan fingerprint density at radius 1 is 1.62 bits per heavy atom. The minimum atomic E-state index is -0.312. The van der Waals surface area contributed by atoms with Crippen molar-refractivity contribution in [1.29, 1.82) is 0 Å². The van der Waals surface area contributed by atoms with Gasteiger partial charge in [-0.25, -0.2) is 4.39 Å². The molecule has 0 bridgehead atoms. The molecule has 5 nitrogen and oxygen atoms in total. The zero-order chi connectivity index (χ0) is 11.4. The third kappa shape index (κ3) is 2.44. The van der Waals surface area contributed by atoms with Gasteiger partial charge in [0.15, 0.2) is 6.29 Å². The van der Waals surface area contributed by atoms with Crippen molar-refractivity contribution in [2.45, 2.75) is 25.4 Å². The zero-order valence-corrected chi connectivity index (χ0v) is 9.05. The lowest BCUT2D eigenvalue weighted by molar-refractivity contribution is 0.111. The van der Waals surface area contributed by atoms with Crippen LogP contribution in [0.1, 0.15) is 23.3 Å². The first-order valence-corrected chi connectivity index (χ1v) is 5.49. The molecule has 2 heterocycles. The second-order valence-electron chi connectivity index (χ2n) is 4.00. The number of aldehydes is 1. The van der Waals surface area contributed by atoms with Gasteiger partial charge < -0.3 is 0 Å². The molecule has 16 heavy (non-hydrogen) atoms. The fourth-order valence-corrected chi connectivity index (χ4v) is 2.18. The van der Waals surface area contributed by atoms with Gasteiger partial charge in [0.1, 0.15) is 12.4 Å². The van der Waals surface area contributed by atoms with Crippen LogP contribution in [0.2, 0.25) is 0 Å². The molecular formula is C10H15FN4O. The maximum Gasteiger partial charge on any atom is 0.171 e. The number of hydrogen-bond acceptors (Lipinski definition) is 4. The topological polar surface area (TPSA) is 51.0 Å².